The lowest BCUT2D eigenvalue weighted by molar-refractivity contribution is 0.0981. The molecule has 0 radical (unpaired) electrons. The number of hydrogen-bond acceptors (Lipinski definition) is 3. The lowest BCUT2D eigenvalue weighted by Gasteiger charge is -2.02. The van der Waals surface area contributed by atoms with Crippen molar-refractivity contribution in [3.8, 4) is 0 Å². The molecule has 5 heteroatoms. The van der Waals surface area contributed by atoms with Crippen molar-refractivity contribution < 1.29 is 4.79 Å². The van der Waals surface area contributed by atoms with Crippen LogP contribution in [0.3, 0.4) is 0 Å². The summed E-state index contributed by atoms with van der Waals surface area (Å²) in [4.78, 5) is 18.7. The van der Waals surface area contributed by atoms with E-state index in [1.807, 2.05) is 17.7 Å². The molecule has 90 valence electrons. The highest BCUT2D eigenvalue weighted by Crippen LogP contribution is 2.08. The Balaban J connectivity index is 2.18. The molecule has 0 amide bonds. The van der Waals surface area contributed by atoms with E-state index in [0.717, 1.165) is 24.4 Å². The van der Waals surface area contributed by atoms with Gasteiger partial charge in [0.25, 0.3) is 0 Å². The Morgan fingerprint density at radius 3 is 2.88 bits per heavy atom. The minimum absolute atomic E-state index is 0.00717. The van der Waals surface area contributed by atoms with E-state index in [0.29, 0.717) is 12.2 Å². The van der Waals surface area contributed by atoms with Gasteiger partial charge in [-0.1, -0.05) is 6.92 Å². The zero-order chi connectivity index (χ0) is 12.3. The number of carbonyl (C=O) groups is 1. The lowest BCUT2D eigenvalue weighted by atomic mass is 10.2. The predicted octanol–water partition coefficient (Wildman–Crippen LogP) is 1.61. The molecule has 2 heterocycles. The summed E-state index contributed by atoms with van der Waals surface area (Å²) >= 11 is 0. The normalized spacial score (nSPS) is 10.7. The maximum atomic E-state index is 11.9. The molecule has 0 spiro atoms. The van der Waals surface area contributed by atoms with Crippen molar-refractivity contribution in [2.75, 3.05) is 0 Å². The number of ketones is 1. The van der Waals surface area contributed by atoms with Crippen molar-refractivity contribution >= 4 is 5.78 Å². The van der Waals surface area contributed by atoms with Gasteiger partial charge in [0.15, 0.2) is 5.82 Å². The third-order valence-electron chi connectivity index (χ3n) is 2.68. The Morgan fingerprint density at radius 2 is 2.29 bits per heavy atom. The largest absolute Gasteiger partial charge is 0.342 e. The molecular formula is C12H16N4O. The first kappa shape index (κ1) is 11.6. The first-order valence-electron chi connectivity index (χ1n) is 5.82. The minimum Gasteiger partial charge on any atom is -0.342 e. The first-order valence-corrected chi connectivity index (χ1v) is 5.82. The van der Waals surface area contributed by atoms with Gasteiger partial charge in [-0.05, 0) is 19.4 Å². The van der Waals surface area contributed by atoms with Crippen molar-refractivity contribution in [2.24, 2.45) is 0 Å². The molecule has 1 N–H and O–H groups in total. The molecule has 0 aliphatic carbocycles. The smallest absolute Gasteiger partial charge is 0.203 e. The Labute approximate surface area is 99.9 Å². The van der Waals surface area contributed by atoms with Crippen LogP contribution in [0.25, 0.3) is 0 Å². The average molecular weight is 232 g/mol. The highest BCUT2D eigenvalue weighted by Gasteiger charge is 2.13. The molecule has 2 aromatic heterocycles. The number of hydrogen-bond donors (Lipinski definition) is 1. The van der Waals surface area contributed by atoms with Crippen LogP contribution in [0.1, 0.15) is 35.9 Å². The standard InChI is InChI=1S/C12H16N4O/c1-3-9-7-10(16(4-2)15-9)8-11(17)12-13-5-6-14-12/h5-7H,3-4,8H2,1-2H3,(H,13,14). The number of Topliss-reactive ketones (excluding diaryl/α,β-unsaturated/α-hetero) is 1. The van der Waals surface area contributed by atoms with E-state index in [1.165, 1.54) is 0 Å². The molecule has 5 nitrogen and oxygen atoms in total. The van der Waals surface area contributed by atoms with Gasteiger partial charge in [0.2, 0.25) is 5.78 Å². The number of nitrogens with zero attached hydrogens (tertiary/aromatic N) is 3. The van der Waals surface area contributed by atoms with Crippen LogP contribution in [-0.2, 0) is 19.4 Å². The van der Waals surface area contributed by atoms with Crippen molar-refractivity contribution in [3.05, 3.63) is 35.7 Å². The number of carbonyl (C=O) groups excluding carboxylic acids is 1. The molecule has 0 aromatic carbocycles. The Hall–Kier alpha value is -1.91. The van der Waals surface area contributed by atoms with Gasteiger partial charge in [0.1, 0.15) is 0 Å². The van der Waals surface area contributed by atoms with E-state index < -0.39 is 0 Å². The molecule has 0 fully saturated rings. The SMILES string of the molecule is CCc1cc(CC(=O)c2ncc[nH]2)n(CC)n1. The number of H-pyrrole nitrogens is 1. The van der Waals surface area contributed by atoms with Crippen molar-refractivity contribution in [2.45, 2.75) is 33.2 Å². The van der Waals surface area contributed by atoms with Gasteiger partial charge in [0.05, 0.1) is 12.1 Å². The minimum atomic E-state index is -0.00717. The van der Waals surface area contributed by atoms with Crippen LogP contribution < -0.4 is 0 Å². The number of imidazole rings is 1. The highest BCUT2D eigenvalue weighted by atomic mass is 16.1. The second-order valence-electron chi connectivity index (χ2n) is 3.83. The topological polar surface area (TPSA) is 63.6 Å². The number of aromatic amines is 1. The van der Waals surface area contributed by atoms with E-state index in [9.17, 15) is 4.79 Å². The van der Waals surface area contributed by atoms with Crippen molar-refractivity contribution in [3.63, 3.8) is 0 Å². The fraction of sp³-hybridized carbons (Fsp3) is 0.417. The Morgan fingerprint density at radius 1 is 1.47 bits per heavy atom. The zero-order valence-electron chi connectivity index (χ0n) is 10.1. The fourth-order valence-corrected chi connectivity index (χ4v) is 1.77. The quantitative estimate of drug-likeness (QED) is 0.797. The summed E-state index contributed by atoms with van der Waals surface area (Å²) in [5.74, 6) is 0.402. The molecule has 0 unspecified atom stereocenters. The number of rotatable bonds is 5. The summed E-state index contributed by atoms with van der Waals surface area (Å²) in [7, 11) is 0. The van der Waals surface area contributed by atoms with Crippen LogP contribution in [0.5, 0.6) is 0 Å². The lowest BCUT2D eigenvalue weighted by Crippen LogP contribution is -2.10. The van der Waals surface area contributed by atoms with Gasteiger partial charge in [0, 0.05) is 24.6 Å². The molecule has 2 aromatic rings. The van der Waals surface area contributed by atoms with E-state index in [4.69, 9.17) is 0 Å². The van der Waals surface area contributed by atoms with Crippen LogP contribution in [0, 0.1) is 0 Å². The van der Waals surface area contributed by atoms with Gasteiger partial charge in [-0.3, -0.25) is 9.48 Å². The van der Waals surface area contributed by atoms with Crippen LogP contribution in [0.4, 0.5) is 0 Å². The van der Waals surface area contributed by atoms with E-state index >= 15 is 0 Å². The second-order valence-corrected chi connectivity index (χ2v) is 3.83. The fourth-order valence-electron chi connectivity index (χ4n) is 1.77. The molecule has 0 bridgehead atoms. The van der Waals surface area contributed by atoms with Crippen LogP contribution in [0.15, 0.2) is 18.5 Å². The summed E-state index contributed by atoms with van der Waals surface area (Å²) in [5.41, 5.74) is 1.97. The van der Waals surface area contributed by atoms with Gasteiger partial charge in [-0.25, -0.2) is 4.98 Å². The third kappa shape index (κ3) is 2.43. The number of aromatic nitrogens is 4. The number of aryl methyl sites for hydroxylation is 2. The maximum absolute atomic E-state index is 11.9. The molecule has 0 saturated carbocycles. The maximum Gasteiger partial charge on any atom is 0.203 e. The van der Waals surface area contributed by atoms with Crippen LogP contribution >= 0.6 is 0 Å². The summed E-state index contributed by atoms with van der Waals surface area (Å²) in [6, 6.07) is 1.99. The summed E-state index contributed by atoms with van der Waals surface area (Å²) in [5, 5.41) is 4.42. The molecule has 0 saturated heterocycles. The Kier molecular flexibility index (Phi) is 3.37. The molecule has 17 heavy (non-hydrogen) atoms. The summed E-state index contributed by atoms with van der Waals surface area (Å²) in [6.07, 6.45) is 4.47. The van der Waals surface area contributed by atoms with Gasteiger partial charge in [-0.15, -0.1) is 0 Å². The molecule has 2 rings (SSSR count). The Bertz CT molecular complexity index is 499. The van der Waals surface area contributed by atoms with Gasteiger partial charge in [-0.2, -0.15) is 5.10 Å². The van der Waals surface area contributed by atoms with E-state index in [2.05, 4.69) is 22.0 Å². The monoisotopic (exact) mass is 232 g/mol. The second kappa shape index (κ2) is 4.95. The summed E-state index contributed by atoms with van der Waals surface area (Å²) in [6.45, 7) is 4.86. The molecular weight excluding hydrogens is 216 g/mol. The molecule has 0 aliphatic rings. The molecule has 0 aliphatic heterocycles. The van der Waals surface area contributed by atoms with Crippen molar-refractivity contribution in [1.29, 1.82) is 0 Å². The summed E-state index contributed by atoms with van der Waals surface area (Å²) < 4.78 is 1.87. The zero-order valence-corrected chi connectivity index (χ0v) is 10.1. The van der Waals surface area contributed by atoms with Gasteiger partial charge >= 0.3 is 0 Å². The molecule has 0 atom stereocenters. The van der Waals surface area contributed by atoms with E-state index in [1.54, 1.807) is 12.4 Å². The van der Waals surface area contributed by atoms with Gasteiger partial charge < -0.3 is 4.98 Å². The van der Waals surface area contributed by atoms with Crippen molar-refractivity contribution in [1.82, 2.24) is 19.7 Å². The van der Waals surface area contributed by atoms with E-state index in [-0.39, 0.29) is 5.78 Å². The highest BCUT2D eigenvalue weighted by molar-refractivity contribution is 5.93. The first-order chi connectivity index (χ1) is 8.24. The van der Waals surface area contributed by atoms with Crippen LogP contribution in [0.2, 0.25) is 0 Å². The number of nitrogens with one attached hydrogen (secondary N) is 1. The van der Waals surface area contributed by atoms with Crippen LogP contribution in [-0.4, -0.2) is 25.5 Å². The average Bonchev–Trinajstić information content (AvgIpc) is 2.97. The third-order valence-corrected chi connectivity index (χ3v) is 2.68. The predicted molar refractivity (Wildman–Crippen MR) is 63.9 cm³/mol.